The molecule has 1 aliphatic rings. The van der Waals surface area contributed by atoms with Crippen molar-refractivity contribution in [1.29, 1.82) is 0 Å². The minimum atomic E-state index is 0.0701. The largest absolute Gasteiger partial charge is 0.361 e. The maximum Gasteiger partial charge on any atom is 0.246 e. The van der Waals surface area contributed by atoms with Crippen molar-refractivity contribution in [3.8, 4) is 0 Å². The zero-order valence-electron chi connectivity index (χ0n) is 13.4. The van der Waals surface area contributed by atoms with Crippen molar-refractivity contribution in [3.05, 3.63) is 60.1 Å². The van der Waals surface area contributed by atoms with Crippen LogP contribution in [0.3, 0.4) is 0 Å². The van der Waals surface area contributed by atoms with E-state index in [-0.39, 0.29) is 5.91 Å². The molecule has 24 heavy (non-hydrogen) atoms. The Morgan fingerprint density at radius 2 is 2.21 bits per heavy atom. The number of rotatable bonds is 3. The lowest BCUT2D eigenvalue weighted by Crippen LogP contribution is -2.38. The summed E-state index contributed by atoms with van der Waals surface area (Å²) in [5.74, 6) is 0.460. The Morgan fingerprint density at radius 1 is 1.29 bits per heavy atom. The van der Waals surface area contributed by atoms with Gasteiger partial charge in [0, 0.05) is 53.9 Å². The summed E-state index contributed by atoms with van der Waals surface area (Å²) in [6.45, 7) is 1.60. The summed E-state index contributed by atoms with van der Waals surface area (Å²) >= 11 is 0. The zero-order chi connectivity index (χ0) is 16.4. The summed E-state index contributed by atoms with van der Waals surface area (Å²) < 4.78 is 0. The number of H-pyrrole nitrogens is 2. The number of benzene rings is 1. The van der Waals surface area contributed by atoms with Crippen LogP contribution >= 0.6 is 0 Å². The third-order valence-electron chi connectivity index (χ3n) is 4.73. The highest BCUT2D eigenvalue weighted by Crippen LogP contribution is 2.32. The second-order valence-corrected chi connectivity index (χ2v) is 6.28. The van der Waals surface area contributed by atoms with E-state index in [0.29, 0.717) is 5.92 Å². The van der Waals surface area contributed by atoms with E-state index in [4.69, 9.17) is 0 Å². The summed E-state index contributed by atoms with van der Waals surface area (Å²) in [5, 5.41) is 7.90. The second kappa shape index (κ2) is 6.35. The molecule has 1 fully saturated rings. The molecule has 0 bridgehead atoms. The molecule has 3 aromatic rings. The minimum absolute atomic E-state index is 0.0701. The number of nitrogens with one attached hydrogen (secondary N) is 2. The van der Waals surface area contributed by atoms with Crippen molar-refractivity contribution in [2.75, 3.05) is 13.1 Å². The van der Waals surface area contributed by atoms with E-state index >= 15 is 0 Å². The van der Waals surface area contributed by atoms with Crippen LogP contribution in [0.2, 0.25) is 0 Å². The van der Waals surface area contributed by atoms with Gasteiger partial charge in [-0.25, -0.2) is 0 Å². The number of aromatic amines is 2. The van der Waals surface area contributed by atoms with Crippen molar-refractivity contribution in [3.63, 3.8) is 0 Å². The van der Waals surface area contributed by atoms with Crippen molar-refractivity contribution in [2.24, 2.45) is 0 Å². The Kier molecular flexibility index (Phi) is 3.91. The number of carbonyl (C=O) groups is 1. The van der Waals surface area contributed by atoms with Gasteiger partial charge in [-0.3, -0.25) is 9.89 Å². The van der Waals surface area contributed by atoms with Crippen LogP contribution in [0.4, 0.5) is 0 Å². The SMILES string of the molecule is O=C(/C=C/c1cn[nH]c1)N1CCCC(c2c[nH]c3ccccc23)C1. The maximum atomic E-state index is 12.5. The molecule has 1 saturated heterocycles. The molecule has 0 spiro atoms. The molecule has 4 rings (SSSR count). The van der Waals surface area contributed by atoms with Gasteiger partial charge in [0.05, 0.1) is 6.20 Å². The summed E-state index contributed by atoms with van der Waals surface area (Å²) in [5.41, 5.74) is 3.39. The first kappa shape index (κ1) is 14.8. The van der Waals surface area contributed by atoms with Gasteiger partial charge in [-0.2, -0.15) is 5.10 Å². The molecule has 1 aliphatic heterocycles. The number of likely N-dealkylation sites (tertiary alicyclic amines) is 1. The van der Waals surface area contributed by atoms with E-state index in [1.807, 2.05) is 11.0 Å². The van der Waals surface area contributed by atoms with Gasteiger partial charge < -0.3 is 9.88 Å². The van der Waals surface area contributed by atoms with E-state index in [9.17, 15) is 4.79 Å². The van der Waals surface area contributed by atoms with Crippen LogP contribution < -0.4 is 0 Å². The third kappa shape index (κ3) is 2.85. The lowest BCUT2D eigenvalue weighted by Gasteiger charge is -2.32. The van der Waals surface area contributed by atoms with Crippen LogP contribution in [-0.2, 0) is 4.79 Å². The molecule has 3 heterocycles. The highest BCUT2D eigenvalue weighted by molar-refractivity contribution is 5.92. The lowest BCUT2D eigenvalue weighted by molar-refractivity contribution is -0.127. The van der Waals surface area contributed by atoms with Gasteiger partial charge in [-0.05, 0) is 30.5 Å². The smallest absolute Gasteiger partial charge is 0.246 e. The first-order chi connectivity index (χ1) is 11.8. The summed E-state index contributed by atoms with van der Waals surface area (Å²) in [7, 11) is 0. The van der Waals surface area contributed by atoms with Crippen LogP contribution in [0.5, 0.6) is 0 Å². The summed E-state index contributed by atoms with van der Waals surface area (Å²) in [6, 6.07) is 8.36. The molecule has 122 valence electrons. The Labute approximate surface area is 140 Å². The van der Waals surface area contributed by atoms with Crippen LogP contribution in [0.25, 0.3) is 17.0 Å². The quantitative estimate of drug-likeness (QED) is 0.727. The number of piperidine rings is 1. The molecule has 0 aliphatic carbocycles. The van der Waals surface area contributed by atoms with Gasteiger partial charge in [-0.1, -0.05) is 18.2 Å². The van der Waals surface area contributed by atoms with Crippen LogP contribution in [0.15, 0.2) is 48.9 Å². The first-order valence-electron chi connectivity index (χ1n) is 8.33. The molecular weight excluding hydrogens is 300 g/mol. The fraction of sp³-hybridized carbons (Fsp3) is 0.263. The molecular formula is C19H20N4O. The molecule has 5 heteroatoms. The number of amides is 1. The van der Waals surface area contributed by atoms with Crippen LogP contribution in [0.1, 0.15) is 29.9 Å². The number of fused-ring (bicyclic) bond motifs is 1. The van der Waals surface area contributed by atoms with E-state index in [2.05, 4.69) is 39.6 Å². The van der Waals surface area contributed by atoms with E-state index in [1.54, 1.807) is 24.5 Å². The first-order valence-corrected chi connectivity index (χ1v) is 8.33. The average Bonchev–Trinajstić information content (AvgIpc) is 3.29. The molecule has 0 saturated carbocycles. The normalized spacial score (nSPS) is 18.5. The predicted molar refractivity (Wildman–Crippen MR) is 94.5 cm³/mol. The van der Waals surface area contributed by atoms with Gasteiger partial charge in [0.25, 0.3) is 0 Å². The molecule has 1 aromatic carbocycles. The number of aromatic nitrogens is 3. The average molecular weight is 320 g/mol. The zero-order valence-corrected chi connectivity index (χ0v) is 13.4. The Hall–Kier alpha value is -2.82. The highest BCUT2D eigenvalue weighted by Gasteiger charge is 2.25. The van der Waals surface area contributed by atoms with Crippen molar-refractivity contribution < 1.29 is 4.79 Å². The number of carbonyl (C=O) groups excluding carboxylic acids is 1. The number of hydrogen-bond acceptors (Lipinski definition) is 2. The lowest BCUT2D eigenvalue weighted by atomic mass is 9.90. The van der Waals surface area contributed by atoms with Gasteiger partial charge in [0.2, 0.25) is 5.91 Å². The van der Waals surface area contributed by atoms with E-state index in [0.717, 1.165) is 37.0 Å². The fourth-order valence-corrected chi connectivity index (χ4v) is 3.49. The standard InChI is InChI=1S/C19H20N4O/c24-19(8-7-14-10-21-22-11-14)23-9-3-4-15(13-23)17-12-20-18-6-2-1-5-16(17)18/h1-2,5-8,10-12,15,20H,3-4,9,13H2,(H,21,22)/b8-7+. The van der Waals surface area contributed by atoms with Crippen LogP contribution in [0, 0.1) is 0 Å². The molecule has 2 aromatic heterocycles. The molecule has 1 atom stereocenters. The highest BCUT2D eigenvalue weighted by atomic mass is 16.2. The molecule has 2 N–H and O–H groups in total. The predicted octanol–water partition coefficient (Wildman–Crippen LogP) is 3.31. The Balaban J connectivity index is 1.50. The molecule has 5 nitrogen and oxygen atoms in total. The fourth-order valence-electron chi connectivity index (χ4n) is 3.49. The van der Waals surface area contributed by atoms with Gasteiger partial charge in [0.1, 0.15) is 0 Å². The summed E-state index contributed by atoms with van der Waals surface area (Å²) in [6.07, 6.45) is 11.2. The van der Waals surface area contributed by atoms with Gasteiger partial charge in [-0.15, -0.1) is 0 Å². The molecule has 1 unspecified atom stereocenters. The monoisotopic (exact) mass is 320 g/mol. The van der Waals surface area contributed by atoms with E-state index in [1.165, 1.54) is 10.9 Å². The number of nitrogens with zero attached hydrogens (tertiary/aromatic N) is 2. The van der Waals surface area contributed by atoms with Crippen LogP contribution in [-0.4, -0.2) is 39.1 Å². The van der Waals surface area contributed by atoms with Gasteiger partial charge in [0.15, 0.2) is 0 Å². The number of hydrogen-bond donors (Lipinski definition) is 2. The Bertz CT molecular complexity index is 863. The van der Waals surface area contributed by atoms with Crippen molar-refractivity contribution in [2.45, 2.75) is 18.8 Å². The van der Waals surface area contributed by atoms with Gasteiger partial charge >= 0.3 is 0 Å². The van der Waals surface area contributed by atoms with Crippen molar-refractivity contribution >= 4 is 22.9 Å². The summed E-state index contributed by atoms with van der Waals surface area (Å²) in [4.78, 5) is 17.8. The molecule has 1 amide bonds. The maximum absolute atomic E-state index is 12.5. The number of para-hydroxylation sites is 1. The second-order valence-electron chi connectivity index (χ2n) is 6.28. The third-order valence-corrected chi connectivity index (χ3v) is 4.73. The minimum Gasteiger partial charge on any atom is -0.361 e. The van der Waals surface area contributed by atoms with E-state index < -0.39 is 0 Å². The Morgan fingerprint density at radius 3 is 3.08 bits per heavy atom. The molecule has 0 radical (unpaired) electrons. The topological polar surface area (TPSA) is 64.8 Å². The van der Waals surface area contributed by atoms with Crippen molar-refractivity contribution in [1.82, 2.24) is 20.1 Å².